The van der Waals surface area contributed by atoms with Gasteiger partial charge in [-0.1, -0.05) is 20.8 Å². The first-order valence-electron chi connectivity index (χ1n) is 14.1. The van der Waals surface area contributed by atoms with Gasteiger partial charge in [0.15, 0.2) is 40.4 Å². The summed E-state index contributed by atoms with van der Waals surface area (Å²) >= 11 is 0. The maximum atomic E-state index is 14.1. The molecule has 3 aliphatic carbocycles. The van der Waals surface area contributed by atoms with E-state index in [2.05, 4.69) is 10.0 Å². The number of aliphatic hydroxyl groups is 1. The third-order valence-electron chi connectivity index (χ3n) is 8.39. The van der Waals surface area contributed by atoms with Gasteiger partial charge in [0.25, 0.3) is 0 Å². The highest BCUT2D eigenvalue weighted by Gasteiger charge is 2.69. The van der Waals surface area contributed by atoms with Crippen molar-refractivity contribution in [2.24, 2.45) is 34.8 Å². The number of anilines is 2. The van der Waals surface area contributed by atoms with E-state index < -0.39 is 85.5 Å². The molecule has 0 aromatic heterocycles. The Hall–Kier alpha value is -3.36. The van der Waals surface area contributed by atoms with E-state index in [0.29, 0.717) is 11.3 Å². The van der Waals surface area contributed by atoms with Crippen molar-refractivity contribution in [3.63, 3.8) is 0 Å². The summed E-state index contributed by atoms with van der Waals surface area (Å²) in [4.78, 5) is 68.4. The van der Waals surface area contributed by atoms with Gasteiger partial charge in [0, 0.05) is 17.6 Å². The van der Waals surface area contributed by atoms with E-state index in [4.69, 9.17) is 5.73 Å². The first kappa shape index (κ1) is 32.6. The summed E-state index contributed by atoms with van der Waals surface area (Å²) in [5.74, 6) is -12.2. The quantitative estimate of drug-likeness (QED) is 0.161. The summed E-state index contributed by atoms with van der Waals surface area (Å²) in [5.41, 5.74) is 2.03. The lowest BCUT2D eigenvalue weighted by Crippen LogP contribution is -2.74. The van der Waals surface area contributed by atoms with Crippen LogP contribution in [0.1, 0.15) is 57.0 Å². The van der Waals surface area contributed by atoms with Gasteiger partial charge in [0.1, 0.15) is 0 Å². The van der Waals surface area contributed by atoms with Crippen LogP contribution in [-0.4, -0.2) is 90.1 Å². The van der Waals surface area contributed by atoms with Crippen molar-refractivity contribution in [3.8, 4) is 5.75 Å². The number of fused-ring (bicyclic) bond motifs is 3. The maximum Gasteiger partial charge on any atom is 0.235 e. The van der Waals surface area contributed by atoms with Crippen LogP contribution in [0, 0.1) is 29.1 Å². The molecular formula is C29H40N4O9S. The number of benzene rings is 1. The van der Waals surface area contributed by atoms with Gasteiger partial charge < -0.3 is 21.3 Å². The number of phenols is 1. The first-order valence-corrected chi connectivity index (χ1v) is 15.8. The van der Waals surface area contributed by atoms with Gasteiger partial charge in [-0.3, -0.25) is 33.6 Å². The van der Waals surface area contributed by atoms with Crippen LogP contribution in [0.4, 0.5) is 11.4 Å². The minimum Gasteiger partial charge on any atom is -0.505 e. The molecule has 13 nitrogen and oxygen atoms in total. The van der Waals surface area contributed by atoms with E-state index in [0.717, 1.165) is 0 Å². The molecule has 0 heterocycles. The molecule has 43 heavy (non-hydrogen) atoms. The molecule has 0 aliphatic heterocycles. The SMILES string of the molecule is CC(C)Nc1cc(NS(=O)(=O)CC(C)(C)C)c(O)c2c1CC1CC3[C@H](N(C)C)C(=O)C(C(N)=O)C(=O)[C@@]3(O)C(=O)C1C2=O. The zero-order valence-corrected chi connectivity index (χ0v) is 26.2. The van der Waals surface area contributed by atoms with Crippen LogP contribution in [0.2, 0.25) is 0 Å². The number of hydrogen-bond donors (Lipinski definition) is 5. The minimum absolute atomic E-state index is 0.0451. The number of Topliss-reactive ketones (excluding diaryl/α,β-unsaturated/α-hetero) is 4. The predicted molar refractivity (Wildman–Crippen MR) is 157 cm³/mol. The van der Waals surface area contributed by atoms with E-state index in [1.165, 1.54) is 25.1 Å². The van der Waals surface area contributed by atoms with E-state index in [1.54, 1.807) is 20.8 Å². The molecule has 6 N–H and O–H groups in total. The lowest BCUT2D eigenvalue weighted by Gasteiger charge is -2.52. The highest BCUT2D eigenvalue weighted by Crippen LogP contribution is 2.52. The molecule has 236 valence electrons. The smallest absolute Gasteiger partial charge is 0.235 e. The summed E-state index contributed by atoms with van der Waals surface area (Å²) in [6.45, 7) is 8.84. The van der Waals surface area contributed by atoms with Crippen LogP contribution in [-0.2, 0) is 35.6 Å². The second-order valence-corrected chi connectivity index (χ2v) is 15.4. The fourth-order valence-electron chi connectivity index (χ4n) is 6.96. The molecule has 4 rings (SSSR count). The molecule has 3 aliphatic rings. The van der Waals surface area contributed by atoms with Crippen LogP contribution in [0.25, 0.3) is 0 Å². The Balaban J connectivity index is 1.88. The zero-order valence-electron chi connectivity index (χ0n) is 25.3. The van der Waals surface area contributed by atoms with E-state index in [-0.39, 0.29) is 35.9 Å². The van der Waals surface area contributed by atoms with Crippen molar-refractivity contribution in [2.75, 3.05) is 29.9 Å². The topological polar surface area (TPSA) is 213 Å². The van der Waals surface area contributed by atoms with Crippen LogP contribution in [0.3, 0.4) is 0 Å². The van der Waals surface area contributed by atoms with Crippen LogP contribution >= 0.6 is 0 Å². The number of rotatable bonds is 7. The summed E-state index contributed by atoms with van der Waals surface area (Å²) in [7, 11) is -0.959. The third kappa shape index (κ3) is 5.44. The summed E-state index contributed by atoms with van der Waals surface area (Å²) in [6, 6.07) is 0.0235. The fourth-order valence-corrected chi connectivity index (χ4v) is 8.67. The number of carbonyl (C=O) groups excluding carboxylic acids is 5. The Kier molecular flexibility index (Phi) is 8.07. The number of phenolic OH excluding ortho intramolecular Hbond substituents is 1. The number of carbonyl (C=O) groups is 5. The molecule has 1 amide bonds. The van der Waals surface area contributed by atoms with Crippen LogP contribution in [0.15, 0.2) is 6.07 Å². The third-order valence-corrected chi connectivity index (χ3v) is 10.2. The van der Waals surface area contributed by atoms with Crippen molar-refractivity contribution in [2.45, 2.75) is 65.1 Å². The zero-order chi connectivity index (χ0) is 32.6. The molecule has 4 unspecified atom stereocenters. The minimum atomic E-state index is -3.99. The second-order valence-electron chi connectivity index (χ2n) is 13.7. The number of nitrogens with zero attached hydrogens (tertiary/aromatic N) is 1. The molecule has 0 radical (unpaired) electrons. The molecule has 0 saturated heterocycles. The average molecular weight is 621 g/mol. The Labute approximate surface area is 250 Å². The number of hydrogen-bond acceptors (Lipinski definition) is 11. The van der Waals surface area contributed by atoms with Gasteiger partial charge in [-0.25, -0.2) is 8.42 Å². The van der Waals surface area contributed by atoms with Gasteiger partial charge in [-0.05, 0) is 63.7 Å². The number of nitrogens with two attached hydrogens (primary N) is 1. The number of amides is 1. The first-order chi connectivity index (χ1) is 19.6. The van der Waals surface area contributed by atoms with Gasteiger partial charge in [-0.2, -0.15) is 0 Å². The number of likely N-dealkylation sites (N-methyl/N-ethyl adjacent to an activating group) is 1. The van der Waals surface area contributed by atoms with Gasteiger partial charge in [0.05, 0.1) is 29.0 Å². The van der Waals surface area contributed by atoms with E-state index >= 15 is 0 Å². The number of ketones is 4. The van der Waals surface area contributed by atoms with E-state index in [9.17, 15) is 42.6 Å². The Morgan fingerprint density at radius 2 is 1.74 bits per heavy atom. The Bertz CT molecular complexity index is 1530. The maximum absolute atomic E-state index is 14.1. The summed E-state index contributed by atoms with van der Waals surface area (Å²) < 4.78 is 28.2. The lowest BCUT2D eigenvalue weighted by molar-refractivity contribution is -0.181. The Morgan fingerprint density at radius 3 is 2.26 bits per heavy atom. The predicted octanol–water partition coefficient (Wildman–Crippen LogP) is 0.475. The number of sulfonamides is 1. The van der Waals surface area contributed by atoms with E-state index in [1.807, 2.05) is 13.8 Å². The standard InChI is InChI=1S/C29H40N4O9S/c1-12(2)31-16-10-17(32-43(41,42)11-28(3,4)5)22(34)19-14(16)8-13-9-15-21(33(6)7)24(36)20(27(30)39)26(38)29(15,40)25(37)18(13)23(19)35/h10,12-13,15,18,20-21,31-32,34,40H,8-9,11H2,1-7H3,(H2,30,39)/t13?,15?,18?,20?,21-,29-/m0/s1. The number of nitrogens with one attached hydrogen (secondary N) is 2. The van der Waals surface area contributed by atoms with Crippen molar-refractivity contribution < 1.29 is 42.6 Å². The molecule has 6 atom stereocenters. The lowest BCUT2D eigenvalue weighted by atomic mass is 9.52. The normalized spacial score (nSPS) is 29.3. The van der Waals surface area contributed by atoms with Crippen molar-refractivity contribution in [1.82, 2.24) is 4.90 Å². The molecule has 14 heteroatoms. The molecular weight excluding hydrogens is 580 g/mol. The summed E-state index contributed by atoms with van der Waals surface area (Å²) in [6.07, 6.45) is -0.0464. The van der Waals surface area contributed by atoms with Gasteiger partial charge in [0.2, 0.25) is 15.9 Å². The van der Waals surface area contributed by atoms with Crippen molar-refractivity contribution in [3.05, 3.63) is 17.2 Å². The summed E-state index contributed by atoms with van der Waals surface area (Å²) in [5, 5.41) is 26.2. The van der Waals surface area contributed by atoms with Crippen LogP contribution < -0.4 is 15.8 Å². The van der Waals surface area contributed by atoms with Crippen molar-refractivity contribution in [1.29, 1.82) is 0 Å². The Morgan fingerprint density at radius 1 is 1.14 bits per heavy atom. The molecule has 1 aromatic carbocycles. The van der Waals surface area contributed by atoms with Crippen molar-refractivity contribution >= 4 is 50.4 Å². The average Bonchev–Trinajstić information content (AvgIpc) is 2.81. The monoisotopic (exact) mass is 620 g/mol. The highest BCUT2D eigenvalue weighted by atomic mass is 32.2. The molecule has 2 fully saturated rings. The number of aromatic hydroxyl groups is 1. The second kappa shape index (κ2) is 10.7. The molecule has 0 bridgehead atoms. The van der Waals surface area contributed by atoms with Crippen LogP contribution in [0.5, 0.6) is 5.75 Å². The molecule has 0 spiro atoms. The van der Waals surface area contributed by atoms with Gasteiger partial charge in [-0.15, -0.1) is 0 Å². The number of primary amides is 1. The fraction of sp³-hybridized carbons (Fsp3) is 0.621. The van der Waals surface area contributed by atoms with Gasteiger partial charge >= 0.3 is 0 Å². The molecule has 2 saturated carbocycles. The highest BCUT2D eigenvalue weighted by molar-refractivity contribution is 7.92. The largest absolute Gasteiger partial charge is 0.505 e. The molecule has 1 aromatic rings.